The molecule has 1 fully saturated rings. The summed E-state index contributed by atoms with van der Waals surface area (Å²) in [5.41, 5.74) is 1.96. The third-order valence-corrected chi connectivity index (χ3v) is 4.36. The molecule has 3 rings (SSSR count). The second-order valence-corrected chi connectivity index (χ2v) is 6.41. The number of alkyl halides is 1. The maximum atomic E-state index is 6.12. The molecule has 1 saturated heterocycles. The standard InChI is InChI=1S/C16H21ClN2O2/c1-16(2)9-11(6-7-21-16)19-14-5-4-12(20-3)8-13(14)18-15(19)10-17/h4-5,8,11H,6-7,9-10H2,1-3H3. The van der Waals surface area contributed by atoms with Crippen molar-refractivity contribution in [3.05, 3.63) is 24.0 Å². The molecule has 2 aromatic rings. The van der Waals surface area contributed by atoms with Gasteiger partial charge in [-0.2, -0.15) is 0 Å². The Morgan fingerprint density at radius 1 is 1.48 bits per heavy atom. The molecule has 2 heterocycles. The summed E-state index contributed by atoms with van der Waals surface area (Å²) < 4.78 is 13.4. The Balaban J connectivity index is 2.07. The molecule has 0 amide bonds. The van der Waals surface area contributed by atoms with Gasteiger partial charge in [0.05, 0.1) is 29.6 Å². The Hall–Kier alpha value is -1.26. The molecule has 0 saturated carbocycles. The van der Waals surface area contributed by atoms with E-state index in [9.17, 15) is 0 Å². The van der Waals surface area contributed by atoms with Crippen molar-refractivity contribution in [3.8, 4) is 5.75 Å². The molecule has 1 unspecified atom stereocenters. The van der Waals surface area contributed by atoms with Crippen LogP contribution in [-0.4, -0.2) is 28.9 Å². The molecule has 1 atom stereocenters. The number of halogens is 1. The van der Waals surface area contributed by atoms with Crippen LogP contribution in [0.15, 0.2) is 18.2 Å². The molecule has 1 aliphatic rings. The van der Waals surface area contributed by atoms with Crippen molar-refractivity contribution in [2.24, 2.45) is 0 Å². The molecular formula is C16H21ClN2O2. The summed E-state index contributed by atoms with van der Waals surface area (Å²) in [5.74, 6) is 2.15. The van der Waals surface area contributed by atoms with E-state index < -0.39 is 0 Å². The molecule has 0 aliphatic carbocycles. The second-order valence-electron chi connectivity index (χ2n) is 6.14. The number of rotatable bonds is 3. The van der Waals surface area contributed by atoms with Gasteiger partial charge in [0.1, 0.15) is 11.6 Å². The molecule has 1 aromatic carbocycles. The smallest absolute Gasteiger partial charge is 0.125 e. The number of nitrogens with zero attached hydrogens (tertiary/aromatic N) is 2. The lowest BCUT2D eigenvalue weighted by Gasteiger charge is -2.36. The van der Waals surface area contributed by atoms with Crippen LogP contribution in [0.3, 0.4) is 0 Å². The first-order valence-electron chi connectivity index (χ1n) is 7.29. The molecular weight excluding hydrogens is 288 g/mol. The van der Waals surface area contributed by atoms with E-state index >= 15 is 0 Å². The van der Waals surface area contributed by atoms with Gasteiger partial charge in [0.15, 0.2) is 0 Å². The number of imidazole rings is 1. The third kappa shape index (κ3) is 2.74. The zero-order valence-electron chi connectivity index (χ0n) is 12.7. The summed E-state index contributed by atoms with van der Waals surface area (Å²) in [6.07, 6.45) is 1.96. The highest BCUT2D eigenvalue weighted by molar-refractivity contribution is 6.16. The maximum absolute atomic E-state index is 6.12. The summed E-state index contributed by atoms with van der Waals surface area (Å²) in [6, 6.07) is 6.38. The van der Waals surface area contributed by atoms with Gasteiger partial charge in [-0.3, -0.25) is 0 Å². The Morgan fingerprint density at radius 3 is 2.95 bits per heavy atom. The minimum Gasteiger partial charge on any atom is -0.497 e. The van der Waals surface area contributed by atoms with Crippen LogP contribution in [0.1, 0.15) is 38.6 Å². The second kappa shape index (κ2) is 5.50. The molecule has 114 valence electrons. The van der Waals surface area contributed by atoms with Gasteiger partial charge in [-0.15, -0.1) is 11.6 Å². The topological polar surface area (TPSA) is 36.3 Å². The highest BCUT2D eigenvalue weighted by Crippen LogP contribution is 2.36. The fourth-order valence-electron chi connectivity index (χ4n) is 3.18. The minimum absolute atomic E-state index is 0.102. The van der Waals surface area contributed by atoms with E-state index in [1.807, 2.05) is 12.1 Å². The van der Waals surface area contributed by atoms with E-state index in [0.717, 1.165) is 42.1 Å². The van der Waals surface area contributed by atoms with Gasteiger partial charge >= 0.3 is 0 Å². The fourth-order valence-corrected chi connectivity index (χ4v) is 3.37. The molecule has 21 heavy (non-hydrogen) atoms. The first-order chi connectivity index (χ1) is 10.0. The number of aromatic nitrogens is 2. The van der Waals surface area contributed by atoms with Crippen molar-refractivity contribution in [2.45, 2.75) is 44.2 Å². The average Bonchev–Trinajstić information content (AvgIpc) is 2.83. The molecule has 1 aliphatic heterocycles. The predicted molar refractivity (Wildman–Crippen MR) is 84.1 cm³/mol. The molecule has 1 aromatic heterocycles. The van der Waals surface area contributed by atoms with E-state index in [-0.39, 0.29) is 5.60 Å². The van der Waals surface area contributed by atoms with Gasteiger partial charge < -0.3 is 14.0 Å². The van der Waals surface area contributed by atoms with Crippen LogP contribution in [-0.2, 0) is 10.6 Å². The highest BCUT2D eigenvalue weighted by Gasteiger charge is 2.31. The van der Waals surface area contributed by atoms with Crippen molar-refractivity contribution < 1.29 is 9.47 Å². The predicted octanol–water partition coefficient (Wildman–Crippen LogP) is 3.91. The number of methoxy groups -OCH3 is 1. The maximum Gasteiger partial charge on any atom is 0.125 e. The van der Waals surface area contributed by atoms with E-state index in [2.05, 4.69) is 29.5 Å². The van der Waals surface area contributed by atoms with E-state index in [1.54, 1.807) is 7.11 Å². The van der Waals surface area contributed by atoms with Crippen LogP contribution in [0.5, 0.6) is 5.75 Å². The molecule has 5 heteroatoms. The Labute approximate surface area is 130 Å². The van der Waals surface area contributed by atoms with Gasteiger partial charge in [-0.1, -0.05) is 0 Å². The largest absolute Gasteiger partial charge is 0.497 e. The van der Waals surface area contributed by atoms with Crippen LogP contribution in [0, 0.1) is 0 Å². The normalized spacial score (nSPS) is 21.6. The van der Waals surface area contributed by atoms with Crippen molar-refractivity contribution in [1.29, 1.82) is 0 Å². The molecule has 0 spiro atoms. The zero-order valence-corrected chi connectivity index (χ0v) is 13.5. The van der Waals surface area contributed by atoms with Crippen LogP contribution < -0.4 is 4.74 Å². The quantitative estimate of drug-likeness (QED) is 0.807. The Kier molecular flexibility index (Phi) is 3.84. The monoisotopic (exact) mass is 308 g/mol. The lowest BCUT2D eigenvalue weighted by atomic mass is 9.93. The van der Waals surface area contributed by atoms with Gasteiger partial charge in [0.25, 0.3) is 0 Å². The number of ether oxygens (including phenoxy) is 2. The molecule has 0 radical (unpaired) electrons. The summed E-state index contributed by atoms with van der Waals surface area (Å²) in [6.45, 7) is 5.05. The van der Waals surface area contributed by atoms with Crippen LogP contribution >= 0.6 is 11.6 Å². The zero-order chi connectivity index (χ0) is 15.0. The van der Waals surface area contributed by atoms with Gasteiger partial charge in [0.2, 0.25) is 0 Å². The first kappa shape index (κ1) is 14.7. The summed E-state index contributed by atoms with van der Waals surface area (Å²) in [5, 5.41) is 0. The van der Waals surface area contributed by atoms with E-state index in [1.165, 1.54) is 0 Å². The van der Waals surface area contributed by atoms with Crippen molar-refractivity contribution >= 4 is 22.6 Å². The van der Waals surface area contributed by atoms with Gasteiger partial charge in [-0.25, -0.2) is 4.98 Å². The lowest BCUT2D eigenvalue weighted by Crippen LogP contribution is -2.35. The SMILES string of the molecule is COc1ccc2c(c1)nc(CCl)n2C1CCOC(C)(C)C1. The Morgan fingerprint density at radius 2 is 2.29 bits per heavy atom. The Bertz CT molecular complexity index is 651. The van der Waals surface area contributed by atoms with Crippen LogP contribution in [0.4, 0.5) is 0 Å². The van der Waals surface area contributed by atoms with Crippen LogP contribution in [0.25, 0.3) is 11.0 Å². The lowest BCUT2D eigenvalue weighted by molar-refractivity contribution is -0.0688. The summed E-state index contributed by atoms with van der Waals surface area (Å²) >= 11 is 6.12. The fraction of sp³-hybridized carbons (Fsp3) is 0.562. The van der Waals surface area contributed by atoms with Gasteiger partial charge in [0, 0.05) is 18.7 Å². The van der Waals surface area contributed by atoms with Crippen molar-refractivity contribution in [3.63, 3.8) is 0 Å². The summed E-state index contributed by atoms with van der Waals surface area (Å²) in [4.78, 5) is 4.67. The minimum atomic E-state index is -0.102. The average molecular weight is 309 g/mol. The van der Waals surface area contributed by atoms with E-state index in [0.29, 0.717) is 11.9 Å². The molecule has 4 nitrogen and oxygen atoms in total. The van der Waals surface area contributed by atoms with Crippen molar-refractivity contribution in [1.82, 2.24) is 9.55 Å². The molecule has 0 bridgehead atoms. The molecule has 0 N–H and O–H groups in total. The highest BCUT2D eigenvalue weighted by atomic mass is 35.5. The van der Waals surface area contributed by atoms with Crippen LogP contribution in [0.2, 0.25) is 0 Å². The van der Waals surface area contributed by atoms with Gasteiger partial charge in [-0.05, 0) is 38.8 Å². The van der Waals surface area contributed by atoms with Crippen molar-refractivity contribution in [2.75, 3.05) is 13.7 Å². The third-order valence-electron chi connectivity index (χ3n) is 4.13. The summed E-state index contributed by atoms with van der Waals surface area (Å²) in [7, 11) is 1.67. The number of hydrogen-bond acceptors (Lipinski definition) is 3. The number of benzene rings is 1. The van der Waals surface area contributed by atoms with E-state index in [4.69, 9.17) is 21.1 Å². The first-order valence-corrected chi connectivity index (χ1v) is 7.82. The number of hydrogen-bond donors (Lipinski definition) is 0. The number of fused-ring (bicyclic) bond motifs is 1.